The van der Waals surface area contributed by atoms with Crippen molar-refractivity contribution in [2.45, 2.75) is 22.7 Å². The standard InChI is InChI=1S/2C10H12O5.2C2H5.O.2Sn/c2*1-13-7-4-6(10(11)12)5-8(14-2)9(7)15-3;2*1-2;;;/h2*4-5H,1-3H3,(H,11,12);2*1H2,2H3;;;/q;;;;;2*+1/p-2. The molecule has 0 aliphatic heterocycles. The molecule has 0 heterocycles. The molecule has 0 bridgehead atoms. The van der Waals surface area contributed by atoms with Gasteiger partial charge in [0.1, 0.15) is 0 Å². The molecule has 2 aromatic carbocycles. The monoisotopic (exact) mass is 736 g/mol. The molecule has 0 saturated heterocycles. The minimum absolute atomic E-state index is 0.237. The van der Waals surface area contributed by atoms with Crippen molar-refractivity contribution in [3.63, 3.8) is 0 Å². The summed E-state index contributed by atoms with van der Waals surface area (Å²) in [7, 11) is 8.81. The molecule has 2 aromatic rings. The van der Waals surface area contributed by atoms with Crippen molar-refractivity contribution in [1.82, 2.24) is 0 Å². The van der Waals surface area contributed by atoms with Crippen LogP contribution in [-0.2, 0) is 7.56 Å². The van der Waals surface area contributed by atoms with Crippen LogP contribution >= 0.6 is 0 Å². The third kappa shape index (κ3) is 7.86. The molecule has 0 aliphatic rings. The van der Waals surface area contributed by atoms with Gasteiger partial charge in [-0.2, -0.15) is 0 Å². The average Bonchev–Trinajstić information content (AvgIpc) is 2.93. The van der Waals surface area contributed by atoms with Gasteiger partial charge in [0.2, 0.25) is 0 Å². The Morgan fingerprint density at radius 3 is 1.08 bits per heavy atom. The van der Waals surface area contributed by atoms with Gasteiger partial charge >= 0.3 is 234 Å². The summed E-state index contributed by atoms with van der Waals surface area (Å²) >= 11 is -6.34. The van der Waals surface area contributed by atoms with E-state index in [1.54, 1.807) is 0 Å². The molecule has 0 aliphatic carbocycles. The molecule has 0 spiro atoms. The van der Waals surface area contributed by atoms with E-state index < -0.39 is 53.1 Å². The summed E-state index contributed by atoms with van der Waals surface area (Å²) in [6.07, 6.45) is 0. The molecule has 37 heavy (non-hydrogen) atoms. The molecule has 11 nitrogen and oxygen atoms in total. The van der Waals surface area contributed by atoms with Gasteiger partial charge in [-0.15, -0.1) is 0 Å². The summed E-state index contributed by atoms with van der Waals surface area (Å²) in [5.74, 6) is 0.942. The van der Waals surface area contributed by atoms with Crippen LogP contribution in [-0.4, -0.2) is 95.8 Å². The number of carbonyl (C=O) groups excluding carboxylic acids is 2. The normalized spacial score (nSPS) is 10.6. The molecule has 2 radical (unpaired) electrons. The summed E-state index contributed by atoms with van der Waals surface area (Å²) in [5, 5.41) is 0. The van der Waals surface area contributed by atoms with Crippen molar-refractivity contribution < 1.29 is 45.6 Å². The van der Waals surface area contributed by atoms with E-state index in [2.05, 4.69) is 0 Å². The third-order valence-corrected chi connectivity index (χ3v) is 20.7. The molecule has 0 amide bonds. The van der Waals surface area contributed by atoms with Crippen LogP contribution in [0.4, 0.5) is 0 Å². The van der Waals surface area contributed by atoms with Crippen LogP contribution in [0.25, 0.3) is 0 Å². The maximum absolute atomic E-state index is 12.9. The second-order valence-electron chi connectivity index (χ2n) is 7.16. The Labute approximate surface area is 232 Å². The molecule has 0 atom stereocenters. The quantitative estimate of drug-likeness (QED) is 0.264. The van der Waals surface area contributed by atoms with E-state index >= 15 is 0 Å². The summed E-state index contributed by atoms with van der Waals surface area (Å²) in [5.41, 5.74) is 0.474. The first-order valence-corrected chi connectivity index (χ1v) is 19.9. The first kappa shape index (κ1) is 31.0. The van der Waals surface area contributed by atoms with Crippen molar-refractivity contribution in [2.75, 3.05) is 42.7 Å². The Hall–Kier alpha value is -2.26. The van der Waals surface area contributed by atoms with Gasteiger partial charge in [0.15, 0.2) is 0 Å². The molecular formula is C24H32O11Sn2. The zero-order chi connectivity index (χ0) is 27.5. The SMILES string of the molecule is C[CH2][Sn]([O]C(=O)c1cc(OC)c(OC)c(OC)c1)[O][Sn]([CH2]C)[O]C(=O)c1cc(OC)c(OC)c(OC)c1. The topological polar surface area (TPSA) is 117 Å². The van der Waals surface area contributed by atoms with E-state index in [1.807, 2.05) is 13.8 Å². The van der Waals surface area contributed by atoms with Crippen LogP contribution in [0.3, 0.4) is 0 Å². The predicted octanol–water partition coefficient (Wildman–Crippen LogP) is 3.78. The fourth-order valence-electron chi connectivity index (χ4n) is 3.18. The second kappa shape index (κ2) is 15.2. The first-order valence-electron chi connectivity index (χ1n) is 11.2. The Morgan fingerprint density at radius 1 is 0.568 bits per heavy atom. The number of hydrogen-bond acceptors (Lipinski definition) is 11. The molecule has 202 valence electrons. The minimum atomic E-state index is -3.17. The van der Waals surface area contributed by atoms with Gasteiger partial charge in [-0.3, -0.25) is 0 Å². The fourth-order valence-corrected chi connectivity index (χ4v) is 19.6. The molecule has 13 heteroatoms. The number of benzene rings is 2. The van der Waals surface area contributed by atoms with Gasteiger partial charge in [-0.1, -0.05) is 0 Å². The number of hydrogen-bond donors (Lipinski definition) is 0. The Balaban J connectivity index is 2.17. The number of ether oxygens (including phenoxy) is 6. The molecule has 0 N–H and O–H groups in total. The van der Waals surface area contributed by atoms with Crippen LogP contribution in [0.2, 0.25) is 8.87 Å². The van der Waals surface area contributed by atoms with Gasteiger partial charge in [-0.05, 0) is 0 Å². The molecule has 0 unspecified atom stereocenters. The third-order valence-electron chi connectivity index (χ3n) is 5.02. The van der Waals surface area contributed by atoms with Gasteiger partial charge < -0.3 is 0 Å². The predicted molar refractivity (Wildman–Crippen MR) is 137 cm³/mol. The van der Waals surface area contributed by atoms with Crippen molar-refractivity contribution in [1.29, 1.82) is 0 Å². The van der Waals surface area contributed by atoms with Crippen molar-refractivity contribution in [3.05, 3.63) is 35.4 Å². The first-order chi connectivity index (χ1) is 17.8. The van der Waals surface area contributed by atoms with Crippen molar-refractivity contribution >= 4 is 53.1 Å². The fraction of sp³-hybridized carbons (Fsp3) is 0.417. The van der Waals surface area contributed by atoms with Gasteiger partial charge in [-0.25, -0.2) is 0 Å². The average molecular weight is 734 g/mol. The summed E-state index contributed by atoms with van der Waals surface area (Å²) in [6.45, 7) is 3.77. The van der Waals surface area contributed by atoms with Gasteiger partial charge in [0, 0.05) is 0 Å². The van der Waals surface area contributed by atoms with Crippen molar-refractivity contribution in [2.24, 2.45) is 0 Å². The maximum atomic E-state index is 12.9. The van der Waals surface area contributed by atoms with E-state index in [0.717, 1.165) is 0 Å². The summed E-state index contributed by atoms with van der Waals surface area (Å²) < 4.78 is 50.7. The van der Waals surface area contributed by atoms with E-state index in [1.165, 1.54) is 66.9 Å². The second-order valence-corrected chi connectivity index (χ2v) is 21.1. The molecule has 2 rings (SSSR count). The summed E-state index contributed by atoms with van der Waals surface area (Å²) in [6, 6.07) is 6.07. The van der Waals surface area contributed by atoms with Crippen LogP contribution in [0.5, 0.6) is 34.5 Å². The molecule has 0 aromatic heterocycles. The van der Waals surface area contributed by atoms with E-state index in [0.29, 0.717) is 43.4 Å². The van der Waals surface area contributed by atoms with E-state index in [-0.39, 0.29) is 11.1 Å². The van der Waals surface area contributed by atoms with Crippen LogP contribution in [0.15, 0.2) is 24.3 Å². The molecule has 0 saturated carbocycles. The summed E-state index contributed by atoms with van der Waals surface area (Å²) in [4.78, 5) is 25.9. The van der Waals surface area contributed by atoms with E-state index in [4.69, 9.17) is 36.0 Å². The van der Waals surface area contributed by atoms with Gasteiger partial charge in [0.05, 0.1) is 0 Å². The number of carbonyl (C=O) groups is 2. The number of rotatable bonds is 14. The van der Waals surface area contributed by atoms with Crippen molar-refractivity contribution in [3.8, 4) is 34.5 Å². The Morgan fingerprint density at radius 2 is 0.865 bits per heavy atom. The van der Waals surface area contributed by atoms with Gasteiger partial charge in [0.25, 0.3) is 0 Å². The number of methoxy groups -OCH3 is 6. The van der Waals surface area contributed by atoms with Crippen LogP contribution in [0, 0.1) is 0 Å². The Kier molecular flexibility index (Phi) is 12.7. The molecular weight excluding hydrogens is 702 g/mol. The van der Waals surface area contributed by atoms with E-state index in [9.17, 15) is 9.59 Å². The zero-order valence-corrected chi connectivity index (χ0v) is 27.9. The molecule has 0 fully saturated rings. The van der Waals surface area contributed by atoms with Crippen LogP contribution < -0.4 is 28.4 Å². The zero-order valence-electron chi connectivity index (χ0n) is 22.2. The Bertz CT molecular complexity index is 943. The van der Waals surface area contributed by atoms with Crippen LogP contribution in [0.1, 0.15) is 34.6 Å².